The Morgan fingerprint density at radius 2 is 1.83 bits per heavy atom. The first-order valence-electron chi connectivity index (χ1n) is 7.10. The van der Waals surface area contributed by atoms with Crippen LogP contribution in [0.15, 0.2) is 18.2 Å². The minimum absolute atomic E-state index is 0.112. The lowest BCUT2D eigenvalue weighted by Gasteiger charge is -2.23. The number of Topliss-reactive ketones (excluding diaryl/α,β-unsaturated/α-hetero) is 1. The Bertz CT molecular complexity index is 697. The van der Waals surface area contributed by atoms with Gasteiger partial charge in [0.15, 0.2) is 17.4 Å². The Morgan fingerprint density at radius 3 is 2.35 bits per heavy atom. The second kappa shape index (κ2) is 5.40. The number of imide groups is 1. The number of halogens is 2. The lowest BCUT2D eigenvalue weighted by Crippen LogP contribution is -2.42. The molecule has 1 atom stereocenters. The maximum atomic E-state index is 13.4. The number of amides is 3. The fourth-order valence-corrected chi connectivity index (χ4v) is 2.22. The number of benzene rings is 1. The maximum Gasteiger partial charge on any atom is 0.325 e. The van der Waals surface area contributed by atoms with Gasteiger partial charge in [0.2, 0.25) is 0 Å². The van der Waals surface area contributed by atoms with E-state index in [-0.39, 0.29) is 17.9 Å². The minimum atomic E-state index is -1.54. The highest BCUT2D eigenvalue weighted by atomic mass is 19.2. The molecular weight excluding hydrogens is 306 g/mol. The zero-order chi connectivity index (χ0) is 17.6. The average Bonchev–Trinajstić information content (AvgIpc) is 2.65. The van der Waals surface area contributed by atoms with Crippen LogP contribution in [0.1, 0.15) is 33.3 Å². The Kier molecular flexibility index (Phi) is 4.00. The summed E-state index contributed by atoms with van der Waals surface area (Å²) in [5.74, 6) is -3.12. The van der Waals surface area contributed by atoms with Gasteiger partial charge in [-0.05, 0) is 24.6 Å². The van der Waals surface area contributed by atoms with Gasteiger partial charge in [-0.15, -0.1) is 0 Å². The number of carbonyl (C=O) groups is 3. The smallest absolute Gasteiger partial charge is 0.319 e. The molecule has 1 saturated heterocycles. The van der Waals surface area contributed by atoms with E-state index < -0.39 is 34.5 Å². The van der Waals surface area contributed by atoms with Gasteiger partial charge in [0, 0.05) is 5.41 Å². The Morgan fingerprint density at radius 1 is 1.22 bits per heavy atom. The first kappa shape index (κ1) is 17.1. The van der Waals surface area contributed by atoms with Crippen molar-refractivity contribution in [2.45, 2.75) is 33.2 Å². The maximum absolute atomic E-state index is 13.4. The molecule has 2 rings (SSSR count). The van der Waals surface area contributed by atoms with Crippen molar-refractivity contribution in [2.75, 3.05) is 6.54 Å². The number of nitrogens with zero attached hydrogens (tertiary/aromatic N) is 1. The molecule has 0 radical (unpaired) electrons. The second-order valence-electron chi connectivity index (χ2n) is 6.75. The molecule has 0 spiro atoms. The lowest BCUT2D eigenvalue weighted by atomic mass is 9.89. The molecule has 0 aliphatic carbocycles. The lowest BCUT2D eigenvalue weighted by molar-refractivity contribution is -0.136. The first-order chi connectivity index (χ1) is 10.5. The van der Waals surface area contributed by atoms with Crippen LogP contribution in [0.25, 0.3) is 0 Å². The summed E-state index contributed by atoms with van der Waals surface area (Å²) in [6.45, 7) is 6.07. The normalized spacial score (nSPS) is 21.6. The monoisotopic (exact) mass is 324 g/mol. The predicted molar refractivity (Wildman–Crippen MR) is 78.4 cm³/mol. The first-order valence-corrected chi connectivity index (χ1v) is 7.10. The molecule has 0 bridgehead atoms. The van der Waals surface area contributed by atoms with Crippen molar-refractivity contribution in [2.24, 2.45) is 5.41 Å². The van der Waals surface area contributed by atoms with E-state index in [9.17, 15) is 23.2 Å². The molecule has 1 aliphatic heterocycles. The van der Waals surface area contributed by atoms with Crippen LogP contribution >= 0.6 is 0 Å². The number of carbonyl (C=O) groups excluding carboxylic acids is 3. The number of rotatable bonds is 3. The van der Waals surface area contributed by atoms with Crippen molar-refractivity contribution >= 4 is 17.7 Å². The summed E-state index contributed by atoms with van der Waals surface area (Å²) in [6.07, 6.45) is 0. The largest absolute Gasteiger partial charge is 0.325 e. The van der Waals surface area contributed by atoms with Crippen LogP contribution in [0.5, 0.6) is 0 Å². The van der Waals surface area contributed by atoms with Gasteiger partial charge in [0.1, 0.15) is 5.54 Å². The number of ketones is 1. The van der Waals surface area contributed by atoms with E-state index in [1.54, 1.807) is 20.8 Å². The summed E-state index contributed by atoms with van der Waals surface area (Å²) in [6, 6.07) is 2.24. The van der Waals surface area contributed by atoms with Crippen LogP contribution in [0.4, 0.5) is 13.6 Å². The third-order valence-electron chi connectivity index (χ3n) is 3.91. The molecule has 1 heterocycles. The number of hydrogen-bond donors (Lipinski definition) is 1. The van der Waals surface area contributed by atoms with E-state index in [4.69, 9.17) is 0 Å². The summed E-state index contributed by atoms with van der Waals surface area (Å²) in [4.78, 5) is 37.5. The summed E-state index contributed by atoms with van der Waals surface area (Å²) in [5, 5.41) is 2.45. The Balaban J connectivity index is 2.33. The molecule has 3 amide bonds. The van der Waals surface area contributed by atoms with Gasteiger partial charge < -0.3 is 5.32 Å². The van der Waals surface area contributed by atoms with Gasteiger partial charge in [0.05, 0.1) is 6.54 Å². The molecule has 1 fully saturated rings. The van der Waals surface area contributed by atoms with E-state index in [1.807, 2.05) is 0 Å². The molecule has 0 unspecified atom stereocenters. The number of hydrogen-bond acceptors (Lipinski definition) is 3. The molecule has 124 valence electrons. The van der Waals surface area contributed by atoms with Crippen molar-refractivity contribution in [1.29, 1.82) is 0 Å². The highest BCUT2D eigenvalue weighted by Crippen LogP contribution is 2.30. The van der Waals surface area contributed by atoms with Gasteiger partial charge >= 0.3 is 6.03 Å². The topological polar surface area (TPSA) is 66.5 Å². The highest BCUT2D eigenvalue weighted by molar-refractivity contribution is 6.09. The van der Waals surface area contributed by atoms with Crippen molar-refractivity contribution < 1.29 is 23.2 Å². The van der Waals surface area contributed by atoms with Crippen LogP contribution < -0.4 is 5.32 Å². The van der Waals surface area contributed by atoms with Crippen molar-refractivity contribution in [3.05, 3.63) is 35.4 Å². The fraction of sp³-hybridized carbons (Fsp3) is 0.438. The van der Waals surface area contributed by atoms with Gasteiger partial charge in [-0.2, -0.15) is 0 Å². The van der Waals surface area contributed by atoms with Gasteiger partial charge in [-0.25, -0.2) is 13.6 Å². The van der Waals surface area contributed by atoms with E-state index in [1.165, 1.54) is 13.0 Å². The van der Waals surface area contributed by atoms with Crippen LogP contribution in [0.3, 0.4) is 0 Å². The minimum Gasteiger partial charge on any atom is -0.319 e. The molecule has 23 heavy (non-hydrogen) atoms. The summed E-state index contributed by atoms with van der Waals surface area (Å²) >= 11 is 0. The van der Waals surface area contributed by atoms with E-state index in [0.29, 0.717) is 0 Å². The number of urea groups is 1. The standard InChI is InChI=1S/C16H18F2N2O3/c1-15(2,3)12(21)8-20-13(22)16(4,19-14(20)23)9-5-6-10(17)11(18)7-9/h5-7H,8H2,1-4H3,(H,19,23)/t16-/m0/s1. The molecule has 1 aliphatic rings. The van der Waals surface area contributed by atoms with Crippen LogP contribution in [-0.4, -0.2) is 29.2 Å². The Labute approximate surface area is 132 Å². The summed E-state index contributed by atoms with van der Waals surface area (Å²) in [7, 11) is 0. The van der Waals surface area contributed by atoms with E-state index in [0.717, 1.165) is 17.0 Å². The molecular formula is C16H18F2N2O3. The van der Waals surface area contributed by atoms with Crippen molar-refractivity contribution in [1.82, 2.24) is 10.2 Å². The average molecular weight is 324 g/mol. The second-order valence-corrected chi connectivity index (χ2v) is 6.75. The van der Waals surface area contributed by atoms with Gasteiger partial charge in [-0.3, -0.25) is 14.5 Å². The summed E-state index contributed by atoms with van der Waals surface area (Å²) < 4.78 is 26.5. The Hall–Kier alpha value is -2.31. The third kappa shape index (κ3) is 2.95. The SMILES string of the molecule is CC(C)(C)C(=O)CN1C(=O)N[C@@](C)(c2ccc(F)c(F)c2)C1=O. The predicted octanol–water partition coefficient (Wildman–Crippen LogP) is 2.35. The summed E-state index contributed by atoms with van der Waals surface area (Å²) in [5.41, 5.74) is -2.13. The van der Waals surface area contributed by atoms with E-state index in [2.05, 4.69) is 5.32 Å². The molecule has 7 heteroatoms. The van der Waals surface area contributed by atoms with E-state index >= 15 is 0 Å². The zero-order valence-corrected chi connectivity index (χ0v) is 13.4. The fourth-order valence-electron chi connectivity index (χ4n) is 2.22. The molecule has 1 N–H and O–H groups in total. The molecule has 1 aromatic carbocycles. The van der Waals surface area contributed by atoms with Crippen LogP contribution in [0.2, 0.25) is 0 Å². The van der Waals surface area contributed by atoms with Crippen LogP contribution in [-0.2, 0) is 15.1 Å². The quantitative estimate of drug-likeness (QED) is 0.868. The molecule has 1 aromatic rings. The van der Waals surface area contributed by atoms with Crippen molar-refractivity contribution in [3.63, 3.8) is 0 Å². The molecule has 0 saturated carbocycles. The van der Waals surface area contributed by atoms with Crippen LogP contribution in [0, 0.1) is 17.0 Å². The molecule has 0 aromatic heterocycles. The zero-order valence-electron chi connectivity index (χ0n) is 13.4. The highest BCUT2D eigenvalue weighted by Gasteiger charge is 2.50. The molecule has 5 nitrogen and oxygen atoms in total. The van der Waals surface area contributed by atoms with Crippen molar-refractivity contribution in [3.8, 4) is 0 Å². The third-order valence-corrected chi connectivity index (χ3v) is 3.91. The van der Waals surface area contributed by atoms with Gasteiger partial charge in [-0.1, -0.05) is 26.8 Å². The van der Waals surface area contributed by atoms with Gasteiger partial charge in [0.25, 0.3) is 5.91 Å². The number of nitrogens with one attached hydrogen (secondary N) is 1.